The highest BCUT2D eigenvalue weighted by Crippen LogP contribution is 2.27. The molecule has 0 radical (unpaired) electrons. The molecular weight excluding hydrogens is 322 g/mol. The molecule has 3 rings (SSSR count). The number of benzene rings is 1. The van der Waals surface area contributed by atoms with Crippen LogP contribution in [0.5, 0.6) is 0 Å². The molecule has 2 aromatic rings. The molecule has 0 bridgehead atoms. The number of carboxylic acid groups (broad SMARTS) is 1. The summed E-state index contributed by atoms with van der Waals surface area (Å²) in [4.78, 5) is 25.6. The van der Waals surface area contributed by atoms with Crippen LogP contribution in [-0.4, -0.2) is 41.6 Å². The fourth-order valence-corrected chi connectivity index (χ4v) is 2.99. The minimum absolute atomic E-state index is 0.0645. The van der Waals surface area contributed by atoms with Crippen molar-refractivity contribution < 1.29 is 23.8 Å². The predicted octanol–water partition coefficient (Wildman–Crippen LogP) is 2.68. The van der Waals surface area contributed by atoms with Gasteiger partial charge in [0.25, 0.3) is 0 Å². The normalized spacial score (nSPS) is 17.5. The van der Waals surface area contributed by atoms with Gasteiger partial charge in [-0.25, -0.2) is 4.79 Å². The lowest BCUT2D eigenvalue weighted by molar-refractivity contribution is -0.140. The quantitative estimate of drug-likeness (QED) is 0.903. The first-order chi connectivity index (χ1) is 12.1. The van der Waals surface area contributed by atoms with E-state index >= 15 is 0 Å². The number of carbonyl (C=O) groups excluding carboxylic acids is 1. The predicted molar refractivity (Wildman–Crippen MR) is 90.5 cm³/mol. The van der Waals surface area contributed by atoms with Gasteiger partial charge in [-0.1, -0.05) is 19.1 Å². The number of furan rings is 1. The molecule has 0 spiro atoms. The van der Waals surface area contributed by atoms with E-state index < -0.39 is 5.97 Å². The van der Waals surface area contributed by atoms with Crippen molar-refractivity contribution in [2.24, 2.45) is 0 Å². The summed E-state index contributed by atoms with van der Waals surface area (Å²) in [7, 11) is 0. The summed E-state index contributed by atoms with van der Waals surface area (Å²) >= 11 is 0. The van der Waals surface area contributed by atoms with Crippen LogP contribution in [0.1, 0.15) is 40.4 Å². The van der Waals surface area contributed by atoms with Gasteiger partial charge in [0.15, 0.2) is 0 Å². The highest BCUT2D eigenvalue weighted by molar-refractivity contribution is 5.88. The molecule has 1 fully saturated rings. The van der Waals surface area contributed by atoms with Gasteiger partial charge in [0.05, 0.1) is 25.2 Å². The van der Waals surface area contributed by atoms with Gasteiger partial charge in [-0.05, 0) is 29.8 Å². The number of morpholine rings is 1. The zero-order valence-corrected chi connectivity index (χ0v) is 14.1. The van der Waals surface area contributed by atoms with Gasteiger partial charge in [-0.3, -0.25) is 4.79 Å². The molecule has 1 aliphatic heterocycles. The van der Waals surface area contributed by atoms with Gasteiger partial charge in [0.1, 0.15) is 17.6 Å². The Morgan fingerprint density at radius 2 is 2.12 bits per heavy atom. The third-order valence-corrected chi connectivity index (χ3v) is 4.34. The number of rotatable bonds is 5. The maximum Gasteiger partial charge on any atom is 0.335 e. The first-order valence-corrected chi connectivity index (χ1v) is 8.36. The van der Waals surface area contributed by atoms with Crippen LogP contribution in [-0.2, 0) is 22.4 Å². The van der Waals surface area contributed by atoms with E-state index in [-0.39, 0.29) is 23.9 Å². The number of carbonyl (C=O) groups is 2. The summed E-state index contributed by atoms with van der Waals surface area (Å²) in [5.74, 6) is 0.540. The van der Waals surface area contributed by atoms with Gasteiger partial charge >= 0.3 is 5.97 Å². The van der Waals surface area contributed by atoms with E-state index in [9.17, 15) is 9.59 Å². The van der Waals surface area contributed by atoms with Gasteiger partial charge in [-0.15, -0.1) is 0 Å². The second-order valence-electron chi connectivity index (χ2n) is 6.02. The zero-order chi connectivity index (χ0) is 17.8. The molecule has 1 amide bonds. The standard InChI is InChI=1S/C19H21NO5/c1-2-15-6-7-17(25-15)16-12-24-9-8-20(16)18(21)11-13-4-3-5-14(10-13)19(22)23/h3-7,10,16H,2,8-9,11-12H2,1H3,(H,22,23)/t16-/m1/s1. The Balaban J connectivity index is 1.76. The number of ether oxygens (including phenoxy) is 1. The summed E-state index contributed by atoms with van der Waals surface area (Å²) < 4.78 is 11.3. The maximum atomic E-state index is 12.8. The van der Waals surface area contributed by atoms with Crippen LogP contribution in [0, 0.1) is 0 Å². The Hall–Kier alpha value is -2.60. The smallest absolute Gasteiger partial charge is 0.335 e. The minimum atomic E-state index is -0.999. The van der Waals surface area contributed by atoms with E-state index in [1.807, 2.05) is 19.1 Å². The van der Waals surface area contributed by atoms with Crippen LogP contribution in [0.4, 0.5) is 0 Å². The highest BCUT2D eigenvalue weighted by atomic mass is 16.5. The molecule has 1 aromatic heterocycles. The molecule has 0 unspecified atom stereocenters. The van der Waals surface area contributed by atoms with E-state index in [1.54, 1.807) is 17.0 Å². The molecule has 132 valence electrons. The SMILES string of the molecule is CCc1ccc([C@H]2COCCN2C(=O)Cc2cccc(C(=O)O)c2)o1. The molecule has 6 heteroatoms. The van der Waals surface area contributed by atoms with Crippen molar-refractivity contribution in [3.05, 3.63) is 59.0 Å². The number of amides is 1. The van der Waals surface area contributed by atoms with Crippen LogP contribution in [0.3, 0.4) is 0 Å². The minimum Gasteiger partial charge on any atom is -0.478 e. The zero-order valence-electron chi connectivity index (χ0n) is 14.1. The van der Waals surface area contributed by atoms with E-state index in [1.165, 1.54) is 12.1 Å². The molecule has 1 N–H and O–H groups in total. The lowest BCUT2D eigenvalue weighted by Crippen LogP contribution is -2.44. The first kappa shape index (κ1) is 17.2. The first-order valence-electron chi connectivity index (χ1n) is 8.36. The topological polar surface area (TPSA) is 80.0 Å². The van der Waals surface area contributed by atoms with Crippen molar-refractivity contribution in [3.63, 3.8) is 0 Å². The van der Waals surface area contributed by atoms with Crippen molar-refractivity contribution >= 4 is 11.9 Å². The lowest BCUT2D eigenvalue weighted by Gasteiger charge is -2.34. The summed E-state index contributed by atoms with van der Waals surface area (Å²) in [5.41, 5.74) is 0.867. The monoisotopic (exact) mass is 343 g/mol. The lowest BCUT2D eigenvalue weighted by atomic mass is 10.1. The van der Waals surface area contributed by atoms with Crippen molar-refractivity contribution in [2.75, 3.05) is 19.8 Å². The fraction of sp³-hybridized carbons (Fsp3) is 0.368. The Morgan fingerprint density at radius 3 is 2.84 bits per heavy atom. The average molecular weight is 343 g/mol. The van der Waals surface area contributed by atoms with Crippen molar-refractivity contribution in [1.82, 2.24) is 4.90 Å². The Bertz CT molecular complexity index is 767. The maximum absolute atomic E-state index is 12.8. The molecule has 2 heterocycles. The van der Waals surface area contributed by atoms with Crippen LogP contribution in [0.2, 0.25) is 0 Å². The fourth-order valence-electron chi connectivity index (χ4n) is 2.99. The van der Waals surface area contributed by atoms with Crippen LogP contribution in [0.15, 0.2) is 40.8 Å². The highest BCUT2D eigenvalue weighted by Gasteiger charge is 2.30. The van der Waals surface area contributed by atoms with Gasteiger partial charge in [0.2, 0.25) is 5.91 Å². The number of carboxylic acids is 1. The second-order valence-corrected chi connectivity index (χ2v) is 6.02. The Morgan fingerprint density at radius 1 is 1.28 bits per heavy atom. The van der Waals surface area contributed by atoms with Crippen molar-refractivity contribution in [1.29, 1.82) is 0 Å². The van der Waals surface area contributed by atoms with E-state index in [2.05, 4.69) is 0 Å². The average Bonchev–Trinajstić information content (AvgIpc) is 3.11. The van der Waals surface area contributed by atoms with Gasteiger partial charge in [0, 0.05) is 13.0 Å². The molecule has 1 atom stereocenters. The molecule has 0 aliphatic carbocycles. The van der Waals surface area contributed by atoms with E-state index in [0.717, 1.165) is 17.9 Å². The number of aromatic carboxylic acids is 1. The third kappa shape index (κ3) is 3.91. The summed E-state index contributed by atoms with van der Waals surface area (Å²) in [6.45, 7) is 3.39. The number of hydrogen-bond acceptors (Lipinski definition) is 4. The Labute approximate surface area is 146 Å². The van der Waals surface area contributed by atoms with E-state index in [0.29, 0.717) is 25.3 Å². The molecule has 6 nitrogen and oxygen atoms in total. The third-order valence-electron chi connectivity index (χ3n) is 4.34. The summed E-state index contributed by atoms with van der Waals surface area (Å²) in [6.07, 6.45) is 0.947. The summed E-state index contributed by atoms with van der Waals surface area (Å²) in [5, 5.41) is 9.08. The summed E-state index contributed by atoms with van der Waals surface area (Å²) in [6, 6.07) is 10.0. The Kier molecular flexibility index (Phi) is 5.19. The van der Waals surface area contributed by atoms with Crippen molar-refractivity contribution in [3.8, 4) is 0 Å². The van der Waals surface area contributed by atoms with Crippen LogP contribution < -0.4 is 0 Å². The van der Waals surface area contributed by atoms with Gasteiger partial charge in [-0.2, -0.15) is 0 Å². The molecule has 1 aliphatic rings. The number of hydrogen-bond donors (Lipinski definition) is 1. The molecule has 25 heavy (non-hydrogen) atoms. The van der Waals surface area contributed by atoms with Crippen LogP contribution in [0.25, 0.3) is 0 Å². The largest absolute Gasteiger partial charge is 0.478 e. The molecule has 1 saturated heterocycles. The van der Waals surface area contributed by atoms with Crippen molar-refractivity contribution in [2.45, 2.75) is 25.8 Å². The molecule has 0 saturated carbocycles. The van der Waals surface area contributed by atoms with Gasteiger partial charge < -0.3 is 19.2 Å². The molecular formula is C19H21NO5. The van der Waals surface area contributed by atoms with Crippen LogP contribution >= 0.6 is 0 Å². The number of aryl methyl sites for hydroxylation is 1. The number of nitrogens with zero attached hydrogens (tertiary/aromatic N) is 1. The molecule has 1 aromatic carbocycles. The second kappa shape index (κ2) is 7.53. The van der Waals surface area contributed by atoms with E-state index in [4.69, 9.17) is 14.3 Å².